The Morgan fingerprint density at radius 2 is 2.11 bits per heavy atom. The summed E-state index contributed by atoms with van der Waals surface area (Å²) in [4.78, 5) is 5.49. The Hall–Kier alpha value is -0.710. The summed E-state index contributed by atoms with van der Waals surface area (Å²) in [6.45, 7) is 3.19. The van der Waals surface area contributed by atoms with E-state index in [1.165, 1.54) is 14.9 Å². The Morgan fingerprint density at radius 1 is 1.32 bits per heavy atom. The average molecular weight is 339 g/mol. The summed E-state index contributed by atoms with van der Waals surface area (Å²) in [6, 6.07) is 6.87. The van der Waals surface area contributed by atoms with Gasteiger partial charge in [-0.2, -0.15) is 0 Å². The molecule has 0 bridgehead atoms. The van der Waals surface area contributed by atoms with E-state index in [4.69, 9.17) is 0 Å². The number of hydrogen-bond donors (Lipinski definition) is 1. The van der Waals surface area contributed by atoms with E-state index < -0.39 is 0 Å². The fraction of sp³-hybridized carbons (Fsp3) is 0.400. The second-order valence-electron chi connectivity index (χ2n) is 4.54. The summed E-state index contributed by atoms with van der Waals surface area (Å²) in [6.07, 6.45) is 7.09. The van der Waals surface area contributed by atoms with E-state index in [1.807, 2.05) is 23.7 Å². The van der Waals surface area contributed by atoms with Gasteiger partial charge in [0.15, 0.2) is 0 Å². The summed E-state index contributed by atoms with van der Waals surface area (Å²) < 4.78 is 1.24. The molecule has 0 amide bonds. The average Bonchev–Trinajstić information content (AvgIpc) is 2.83. The smallest absolute Gasteiger partial charge is 0.0314 e. The zero-order valence-electron chi connectivity index (χ0n) is 11.1. The molecule has 0 fully saturated rings. The predicted molar refractivity (Wildman–Crippen MR) is 85.7 cm³/mol. The van der Waals surface area contributed by atoms with E-state index in [0.717, 1.165) is 25.8 Å². The van der Waals surface area contributed by atoms with Gasteiger partial charge in [0.25, 0.3) is 0 Å². The first-order chi connectivity index (χ1) is 9.29. The van der Waals surface area contributed by atoms with E-state index in [9.17, 15) is 0 Å². The lowest BCUT2D eigenvalue weighted by molar-refractivity contribution is 0.493. The van der Waals surface area contributed by atoms with Crippen molar-refractivity contribution in [1.29, 1.82) is 0 Å². The molecule has 102 valence electrons. The highest BCUT2D eigenvalue weighted by atomic mass is 79.9. The van der Waals surface area contributed by atoms with Gasteiger partial charge in [-0.25, -0.2) is 0 Å². The van der Waals surface area contributed by atoms with Crippen LogP contribution in [0.3, 0.4) is 0 Å². The molecule has 1 unspecified atom stereocenters. The molecule has 2 aromatic rings. The molecule has 2 rings (SSSR count). The third-order valence-electron chi connectivity index (χ3n) is 3.15. The van der Waals surface area contributed by atoms with E-state index in [-0.39, 0.29) is 0 Å². The van der Waals surface area contributed by atoms with Gasteiger partial charge in [0.1, 0.15) is 0 Å². The fourth-order valence-electron chi connectivity index (χ4n) is 2.15. The second kappa shape index (κ2) is 7.78. The fourth-order valence-corrected chi connectivity index (χ4v) is 3.75. The summed E-state index contributed by atoms with van der Waals surface area (Å²) in [5, 5.41) is 5.73. The number of aryl methyl sites for hydroxylation is 1. The maximum absolute atomic E-state index is 4.06. The van der Waals surface area contributed by atoms with Crippen molar-refractivity contribution in [3.63, 3.8) is 0 Å². The number of nitrogens with one attached hydrogen (secondary N) is 1. The van der Waals surface area contributed by atoms with E-state index in [2.05, 4.69) is 56.7 Å². The number of aromatic nitrogens is 1. The van der Waals surface area contributed by atoms with Crippen LogP contribution in [0.4, 0.5) is 0 Å². The number of thiophene rings is 1. The molecule has 2 aromatic heterocycles. The molecular weight excluding hydrogens is 320 g/mol. The molecule has 19 heavy (non-hydrogen) atoms. The minimum atomic E-state index is 0.535. The zero-order valence-corrected chi connectivity index (χ0v) is 13.5. The van der Waals surface area contributed by atoms with Crippen LogP contribution in [0.1, 0.15) is 23.8 Å². The maximum Gasteiger partial charge on any atom is 0.0314 e. The molecule has 0 saturated carbocycles. The van der Waals surface area contributed by atoms with Gasteiger partial charge >= 0.3 is 0 Å². The molecule has 2 nitrogen and oxygen atoms in total. The molecule has 0 radical (unpaired) electrons. The molecule has 0 aliphatic rings. The Morgan fingerprint density at radius 3 is 2.74 bits per heavy atom. The lowest BCUT2D eigenvalue weighted by Gasteiger charge is -2.17. The molecule has 0 saturated heterocycles. The van der Waals surface area contributed by atoms with Crippen molar-refractivity contribution >= 4 is 27.3 Å². The number of pyridine rings is 1. The molecule has 0 spiro atoms. The summed E-state index contributed by atoms with van der Waals surface area (Å²) in [5.41, 5.74) is 1.36. The van der Waals surface area contributed by atoms with Crippen LogP contribution in [0.25, 0.3) is 0 Å². The standard InChI is InChI=1S/C15H19BrN2S/c1-2-18-13(11-15-14(16)7-10-19-15)4-3-12-5-8-17-9-6-12/h5-10,13,18H,2-4,11H2,1H3. The monoisotopic (exact) mass is 338 g/mol. The van der Waals surface area contributed by atoms with Crippen LogP contribution in [0, 0.1) is 0 Å². The molecule has 0 aromatic carbocycles. The third kappa shape index (κ3) is 4.71. The summed E-state index contributed by atoms with van der Waals surface area (Å²) in [7, 11) is 0. The first-order valence-electron chi connectivity index (χ1n) is 6.63. The van der Waals surface area contributed by atoms with Crippen molar-refractivity contribution in [2.75, 3.05) is 6.54 Å². The minimum absolute atomic E-state index is 0.535. The molecule has 1 N–H and O–H groups in total. The van der Waals surface area contributed by atoms with Gasteiger partial charge in [-0.3, -0.25) is 4.98 Å². The highest BCUT2D eigenvalue weighted by Crippen LogP contribution is 2.24. The van der Waals surface area contributed by atoms with Gasteiger partial charge < -0.3 is 5.32 Å². The van der Waals surface area contributed by atoms with E-state index in [1.54, 1.807) is 0 Å². The molecule has 4 heteroatoms. The van der Waals surface area contributed by atoms with Gasteiger partial charge in [-0.1, -0.05) is 6.92 Å². The molecular formula is C15H19BrN2S. The second-order valence-corrected chi connectivity index (χ2v) is 6.40. The third-order valence-corrected chi connectivity index (χ3v) is 5.10. The number of halogens is 1. The number of likely N-dealkylation sites (N-methyl/N-ethyl adjacent to an activating group) is 1. The molecule has 0 aliphatic carbocycles. The highest BCUT2D eigenvalue weighted by Gasteiger charge is 2.11. The van der Waals surface area contributed by atoms with Gasteiger partial charge in [0, 0.05) is 27.8 Å². The first kappa shape index (κ1) is 14.7. The topological polar surface area (TPSA) is 24.9 Å². The number of nitrogens with zero attached hydrogens (tertiary/aromatic N) is 1. The van der Waals surface area contributed by atoms with Gasteiger partial charge in [0.2, 0.25) is 0 Å². The molecule has 0 aliphatic heterocycles. The predicted octanol–water partition coefficient (Wildman–Crippen LogP) is 4.06. The normalized spacial score (nSPS) is 12.5. The van der Waals surface area contributed by atoms with E-state index in [0.29, 0.717) is 6.04 Å². The van der Waals surface area contributed by atoms with Crippen LogP contribution in [0.2, 0.25) is 0 Å². The van der Waals surface area contributed by atoms with Crippen LogP contribution in [0.15, 0.2) is 40.4 Å². The van der Waals surface area contributed by atoms with Gasteiger partial charge in [-0.05, 0) is 70.9 Å². The maximum atomic E-state index is 4.06. The van der Waals surface area contributed by atoms with Gasteiger partial charge in [0.05, 0.1) is 0 Å². The zero-order chi connectivity index (χ0) is 13.5. The number of hydrogen-bond acceptors (Lipinski definition) is 3. The minimum Gasteiger partial charge on any atom is -0.314 e. The Bertz CT molecular complexity index is 484. The Kier molecular flexibility index (Phi) is 6.01. The quantitative estimate of drug-likeness (QED) is 0.823. The molecule has 1 atom stereocenters. The van der Waals surface area contributed by atoms with Crippen LogP contribution in [-0.2, 0) is 12.8 Å². The number of rotatable bonds is 7. The van der Waals surface area contributed by atoms with Crippen molar-refractivity contribution < 1.29 is 0 Å². The SMILES string of the molecule is CCNC(CCc1ccncc1)Cc1sccc1Br. The first-order valence-corrected chi connectivity index (χ1v) is 8.31. The van der Waals surface area contributed by atoms with E-state index >= 15 is 0 Å². The molecule has 2 heterocycles. The van der Waals surface area contributed by atoms with Crippen molar-refractivity contribution in [2.45, 2.75) is 32.2 Å². The van der Waals surface area contributed by atoms with Crippen LogP contribution >= 0.6 is 27.3 Å². The van der Waals surface area contributed by atoms with Crippen molar-refractivity contribution in [1.82, 2.24) is 10.3 Å². The Labute approximate surface area is 127 Å². The van der Waals surface area contributed by atoms with Crippen molar-refractivity contribution in [3.05, 3.63) is 50.9 Å². The van der Waals surface area contributed by atoms with Crippen molar-refractivity contribution in [2.24, 2.45) is 0 Å². The van der Waals surface area contributed by atoms with Crippen molar-refractivity contribution in [3.8, 4) is 0 Å². The summed E-state index contributed by atoms with van der Waals surface area (Å²) >= 11 is 5.44. The van der Waals surface area contributed by atoms with Crippen LogP contribution in [-0.4, -0.2) is 17.6 Å². The lowest BCUT2D eigenvalue weighted by atomic mass is 10.0. The summed E-state index contributed by atoms with van der Waals surface area (Å²) in [5.74, 6) is 0. The van der Waals surface area contributed by atoms with Gasteiger partial charge in [-0.15, -0.1) is 11.3 Å². The van der Waals surface area contributed by atoms with Crippen LogP contribution < -0.4 is 5.32 Å². The highest BCUT2D eigenvalue weighted by molar-refractivity contribution is 9.10. The Balaban J connectivity index is 1.91. The largest absolute Gasteiger partial charge is 0.314 e. The lowest BCUT2D eigenvalue weighted by Crippen LogP contribution is -2.31. The van der Waals surface area contributed by atoms with Crippen LogP contribution in [0.5, 0.6) is 0 Å².